The third-order valence-electron chi connectivity index (χ3n) is 6.21. The summed E-state index contributed by atoms with van der Waals surface area (Å²) in [5, 5.41) is 22.5. The van der Waals surface area contributed by atoms with Crippen molar-refractivity contribution in [2.75, 3.05) is 6.61 Å². The van der Waals surface area contributed by atoms with E-state index in [0.29, 0.717) is 17.7 Å². The molecule has 0 unspecified atom stereocenters. The van der Waals surface area contributed by atoms with Gasteiger partial charge in [0.15, 0.2) is 0 Å². The number of rotatable bonds is 4. The molecule has 2 aromatic carbocycles. The molecule has 10 heteroatoms. The minimum Gasteiger partial charge on any atom is -0.355 e. The number of nitro groups is 2. The largest absolute Gasteiger partial charge is 0.355 e. The van der Waals surface area contributed by atoms with Crippen LogP contribution in [0.15, 0.2) is 48.5 Å². The van der Waals surface area contributed by atoms with Gasteiger partial charge < -0.3 is 14.2 Å². The second-order valence-corrected chi connectivity index (χ2v) is 8.00. The van der Waals surface area contributed by atoms with Gasteiger partial charge >= 0.3 is 0 Å². The lowest BCUT2D eigenvalue weighted by atomic mass is 9.93. The zero-order valence-corrected chi connectivity index (χ0v) is 16.3. The van der Waals surface area contributed by atoms with Crippen molar-refractivity contribution in [3.05, 3.63) is 79.9 Å². The average Bonchev–Trinajstić information content (AvgIpc) is 3.37. The molecular weight excluding hydrogens is 394 g/mol. The first kappa shape index (κ1) is 19.1. The lowest BCUT2D eigenvalue weighted by molar-refractivity contribution is -0.385. The van der Waals surface area contributed by atoms with E-state index in [1.54, 1.807) is 24.3 Å². The number of non-ortho nitro benzene ring substituents is 2. The van der Waals surface area contributed by atoms with Crippen LogP contribution in [0.1, 0.15) is 25.0 Å². The predicted molar refractivity (Wildman–Crippen MR) is 102 cm³/mol. The van der Waals surface area contributed by atoms with Gasteiger partial charge in [-0.1, -0.05) is 24.3 Å². The summed E-state index contributed by atoms with van der Waals surface area (Å²) in [6, 6.07) is 12.6. The summed E-state index contributed by atoms with van der Waals surface area (Å²) < 4.78 is 18.7. The molecule has 0 aliphatic carbocycles. The lowest BCUT2D eigenvalue weighted by Crippen LogP contribution is -2.40. The molecule has 5 rings (SSSR count). The van der Waals surface area contributed by atoms with Gasteiger partial charge in [-0.2, -0.15) is 0 Å². The number of benzene rings is 2. The number of hydrogen-bond donors (Lipinski definition) is 0. The third kappa shape index (κ3) is 2.51. The maximum Gasteiger partial charge on any atom is 0.269 e. The van der Waals surface area contributed by atoms with Crippen molar-refractivity contribution >= 4 is 11.4 Å². The van der Waals surface area contributed by atoms with E-state index in [0.717, 1.165) is 0 Å². The van der Waals surface area contributed by atoms with Crippen LogP contribution in [-0.2, 0) is 25.4 Å². The van der Waals surface area contributed by atoms with Gasteiger partial charge in [0.05, 0.1) is 16.5 Å². The first-order valence-corrected chi connectivity index (χ1v) is 9.48. The van der Waals surface area contributed by atoms with Crippen LogP contribution >= 0.6 is 0 Å². The summed E-state index contributed by atoms with van der Waals surface area (Å²) in [7, 11) is 0. The predicted octanol–water partition coefficient (Wildman–Crippen LogP) is 3.00. The van der Waals surface area contributed by atoms with Crippen LogP contribution in [0, 0.1) is 20.2 Å². The second kappa shape index (κ2) is 6.29. The Morgan fingerprint density at radius 2 is 1.43 bits per heavy atom. The summed E-state index contributed by atoms with van der Waals surface area (Å²) in [6.07, 6.45) is -1.47. The molecule has 0 bridgehead atoms. The summed E-state index contributed by atoms with van der Waals surface area (Å²) in [6.45, 7) is 3.98. The maximum absolute atomic E-state index is 11.3. The Bertz CT molecular complexity index is 1000. The fourth-order valence-corrected chi connectivity index (χ4v) is 4.68. The van der Waals surface area contributed by atoms with Crippen LogP contribution in [0.25, 0.3) is 0 Å². The van der Waals surface area contributed by atoms with Gasteiger partial charge in [-0.05, 0) is 25.0 Å². The number of hydrogen-bond acceptors (Lipinski definition) is 8. The molecule has 156 valence electrons. The highest BCUT2D eigenvalue weighted by Gasteiger charge is 2.68. The molecular formula is C20H19N3O7. The Hall–Kier alpha value is -2.92. The highest BCUT2D eigenvalue weighted by Crippen LogP contribution is 2.56. The minimum absolute atomic E-state index is 0.0309. The summed E-state index contributed by atoms with van der Waals surface area (Å²) >= 11 is 0. The highest BCUT2D eigenvalue weighted by molar-refractivity contribution is 5.41. The molecule has 5 atom stereocenters. The Labute approximate surface area is 171 Å². The van der Waals surface area contributed by atoms with E-state index in [1.807, 2.05) is 18.7 Å². The molecule has 3 aliphatic heterocycles. The van der Waals surface area contributed by atoms with Gasteiger partial charge in [0, 0.05) is 24.3 Å². The van der Waals surface area contributed by atoms with Gasteiger partial charge in [-0.3, -0.25) is 20.2 Å². The molecule has 3 aliphatic rings. The fourth-order valence-electron chi connectivity index (χ4n) is 4.68. The molecule has 2 aromatic rings. The zero-order valence-electron chi connectivity index (χ0n) is 16.3. The monoisotopic (exact) mass is 413 g/mol. The van der Waals surface area contributed by atoms with E-state index in [4.69, 9.17) is 14.2 Å². The van der Waals surface area contributed by atoms with Crippen molar-refractivity contribution < 1.29 is 24.1 Å². The Morgan fingerprint density at radius 3 is 1.97 bits per heavy atom. The number of nitro benzene ring substituents is 2. The fraction of sp³-hybridized carbons (Fsp3) is 0.400. The van der Waals surface area contributed by atoms with Gasteiger partial charge in [-0.15, -0.1) is 0 Å². The first-order valence-electron chi connectivity index (χ1n) is 9.48. The second-order valence-electron chi connectivity index (χ2n) is 8.00. The van der Waals surface area contributed by atoms with Crippen molar-refractivity contribution in [2.24, 2.45) is 0 Å². The number of nitrogens with zero attached hydrogens (tertiary/aromatic N) is 3. The van der Waals surface area contributed by atoms with Crippen molar-refractivity contribution in [2.45, 2.75) is 43.7 Å². The highest BCUT2D eigenvalue weighted by atomic mass is 16.7. The molecule has 0 radical (unpaired) electrons. The molecule has 3 saturated heterocycles. The van der Waals surface area contributed by atoms with Crippen LogP contribution in [0.5, 0.6) is 0 Å². The number of ether oxygens (including phenoxy) is 3. The Balaban J connectivity index is 1.56. The lowest BCUT2D eigenvalue weighted by Gasteiger charge is -2.32. The molecule has 30 heavy (non-hydrogen) atoms. The zero-order chi connectivity index (χ0) is 21.3. The molecule has 0 N–H and O–H groups in total. The van der Waals surface area contributed by atoms with Crippen molar-refractivity contribution in [1.82, 2.24) is 4.90 Å². The van der Waals surface area contributed by atoms with Crippen molar-refractivity contribution in [1.29, 1.82) is 0 Å². The molecule has 0 spiro atoms. The van der Waals surface area contributed by atoms with E-state index in [1.165, 1.54) is 24.3 Å². The van der Waals surface area contributed by atoms with E-state index in [9.17, 15) is 20.2 Å². The summed E-state index contributed by atoms with van der Waals surface area (Å²) in [4.78, 5) is 23.6. The summed E-state index contributed by atoms with van der Waals surface area (Å²) in [5.41, 5.74) is -0.765. The normalized spacial score (nSPS) is 34.8. The molecule has 3 fully saturated rings. The van der Waals surface area contributed by atoms with Crippen LogP contribution < -0.4 is 0 Å². The van der Waals surface area contributed by atoms with Crippen LogP contribution in [-0.4, -0.2) is 40.0 Å². The first-order chi connectivity index (χ1) is 14.2. The van der Waals surface area contributed by atoms with Crippen LogP contribution in [0.2, 0.25) is 0 Å². The SMILES string of the molecule is C[C@@]1(c2cccc([N+](=O)[O-])c2)O[C@H]2CO[C@@H]3N2[C@H]1O[C@]3(C)c1cccc([N+](=O)[O-])c1. The van der Waals surface area contributed by atoms with Crippen molar-refractivity contribution in [3.63, 3.8) is 0 Å². The maximum atomic E-state index is 11.3. The average molecular weight is 413 g/mol. The van der Waals surface area contributed by atoms with Gasteiger partial charge in [-0.25, -0.2) is 4.90 Å². The topological polar surface area (TPSA) is 117 Å². The molecule has 3 heterocycles. The quantitative estimate of drug-likeness (QED) is 0.555. The third-order valence-corrected chi connectivity index (χ3v) is 6.21. The van der Waals surface area contributed by atoms with E-state index in [2.05, 4.69) is 0 Å². The van der Waals surface area contributed by atoms with E-state index >= 15 is 0 Å². The smallest absolute Gasteiger partial charge is 0.269 e. The summed E-state index contributed by atoms with van der Waals surface area (Å²) in [5.74, 6) is 0. The van der Waals surface area contributed by atoms with E-state index < -0.39 is 33.5 Å². The molecule has 0 aromatic heterocycles. The van der Waals surface area contributed by atoms with Gasteiger partial charge in [0.25, 0.3) is 11.4 Å². The standard InChI is InChI=1S/C20H19N3O7/c1-19(12-5-3-7-14(9-12)22(24)25)17-21-16(11-28-17)29-20(2,18(21)30-19)13-6-4-8-15(10-13)23(26)27/h3-10,16-18H,11H2,1-2H3/t16-,17-,18-,19+,20-/m0/s1. The van der Waals surface area contributed by atoms with Crippen molar-refractivity contribution in [3.8, 4) is 0 Å². The Morgan fingerprint density at radius 1 is 0.900 bits per heavy atom. The minimum atomic E-state index is -0.975. The van der Waals surface area contributed by atoms with Gasteiger partial charge in [0.1, 0.15) is 29.9 Å². The van der Waals surface area contributed by atoms with Crippen LogP contribution in [0.4, 0.5) is 11.4 Å². The van der Waals surface area contributed by atoms with Gasteiger partial charge in [0.2, 0.25) is 0 Å². The van der Waals surface area contributed by atoms with Crippen LogP contribution in [0.3, 0.4) is 0 Å². The molecule has 0 saturated carbocycles. The molecule has 0 amide bonds. The van der Waals surface area contributed by atoms with E-state index in [-0.39, 0.29) is 17.6 Å². The molecule has 10 nitrogen and oxygen atoms in total. The Kier molecular flexibility index (Phi) is 4.00.